The van der Waals surface area contributed by atoms with Crippen molar-refractivity contribution in [2.45, 2.75) is 44.9 Å². The van der Waals surface area contributed by atoms with Crippen LogP contribution < -0.4 is 5.73 Å². The predicted octanol–water partition coefficient (Wildman–Crippen LogP) is 2.17. The summed E-state index contributed by atoms with van der Waals surface area (Å²) in [5.74, 6) is 0.414. The first-order chi connectivity index (χ1) is 8.74. The van der Waals surface area contributed by atoms with Gasteiger partial charge in [-0.3, -0.25) is 4.79 Å². The zero-order valence-corrected chi connectivity index (χ0v) is 10.5. The standard InChI is InChI=1S/C15H19NO2/c16-9-11-2-4-12(5-3-11)10-18-14-8-13(17)15(14)6-1-7-15/h2-5,14H,1,6-10,16H2. The molecular formula is C15H19NO2. The number of Topliss-reactive ketones (excluding diaryl/α,β-unsaturated/α-hetero) is 1. The van der Waals surface area contributed by atoms with E-state index in [0.29, 0.717) is 25.4 Å². The van der Waals surface area contributed by atoms with Gasteiger partial charge < -0.3 is 10.5 Å². The first-order valence-electron chi connectivity index (χ1n) is 6.67. The van der Waals surface area contributed by atoms with Crippen LogP contribution in [0, 0.1) is 5.41 Å². The zero-order valence-electron chi connectivity index (χ0n) is 10.5. The highest BCUT2D eigenvalue weighted by atomic mass is 16.5. The number of nitrogens with two attached hydrogens (primary N) is 1. The summed E-state index contributed by atoms with van der Waals surface area (Å²) >= 11 is 0. The Morgan fingerprint density at radius 2 is 1.89 bits per heavy atom. The normalized spacial score (nSPS) is 24.7. The number of hydrogen-bond donors (Lipinski definition) is 1. The van der Waals surface area contributed by atoms with Crippen molar-refractivity contribution >= 4 is 5.78 Å². The summed E-state index contributed by atoms with van der Waals surface area (Å²) in [6.45, 7) is 1.17. The molecule has 2 N–H and O–H groups in total. The molecule has 1 spiro atoms. The van der Waals surface area contributed by atoms with Crippen LogP contribution in [-0.2, 0) is 22.7 Å². The summed E-state index contributed by atoms with van der Waals surface area (Å²) in [6, 6.07) is 8.17. The average molecular weight is 245 g/mol. The lowest BCUT2D eigenvalue weighted by molar-refractivity contribution is -0.179. The molecule has 0 heterocycles. The Morgan fingerprint density at radius 3 is 2.39 bits per heavy atom. The molecule has 0 amide bonds. The number of hydrogen-bond acceptors (Lipinski definition) is 3. The topological polar surface area (TPSA) is 52.3 Å². The predicted molar refractivity (Wildman–Crippen MR) is 68.8 cm³/mol. The van der Waals surface area contributed by atoms with Crippen LogP contribution in [0.25, 0.3) is 0 Å². The van der Waals surface area contributed by atoms with E-state index < -0.39 is 0 Å². The second-order valence-corrected chi connectivity index (χ2v) is 5.46. The van der Waals surface area contributed by atoms with Crippen LogP contribution in [0.3, 0.4) is 0 Å². The lowest BCUT2D eigenvalue weighted by Crippen LogP contribution is -2.59. The number of carbonyl (C=O) groups is 1. The molecule has 0 bridgehead atoms. The highest BCUT2D eigenvalue weighted by Gasteiger charge is 2.58. The fourth-order valence-electron chi connectivity index (χ4n) is 2.96. The molecule has 96 valence electrons. The van der Waals surface area contributed by atoms with E-state index in [0.717, 1.165) is 24.0 Å². The maximum Gasteiger partial charge on any atom is 0.144 e. The van der Waals surface area contributed by atoms with Crippen molar-refractivity contribution in [1.29, 1.82) is 0 Å². The average Bonchev–Trinajstić information content (AvgIpc) is 2.33. The fourth-order valence-corrected chi connectivity index (χ4v) is 2.96. The van der Waals surface area contributed by atoms with Gasteiger partial charge in [0.05, 0.1) is 18.1 Å². The molecule has 3 heteroatoms. The van der Waals surface area contributed by atoms with Gasteiger partial charge in [0, 0.05) is 13.0 Å². The third-order valence-electron chi connectivity index (χ3n) is 4.50. The van der Waals surface area contributed by atoms with Gasteiger partial charge in [0.25, 0.3) is 0 Å². The van der Waals surface area contributed by atoms with Crippen LogP contribution in [0.5, 0.6) is 0 Å². The summed E-state index contributed by atoms with van der Waals surface area (Å²) < 4.78 is 5.91. The smallest absolute Gasteiger partial charge is 0.144 e. The molecule has 0 saturated heterocycles. The highest BCUT2D eigenvalue weighted by Crippen LogP contribution is 2.54. The molecule has 1 unspecified atom stereocenters. The maximum absolute atomic E-state index is 11.6. The van der Waals surface area contributed by atoms with E-state index in [-0.39, 0.29) is 11.5 Å². The molecule has 2 saturated carbocycles. The highest BCUT2D eigenvalue weighted by molar-refractivity contribution is 5.93. The molecule has 18 heavy (non-hydrogen) atoms. The Morgan fingerprint density at radius 1 is 1.22 bits per heavy atom. The van der Waals surface area contributed by atoms with E-state index in [1.807, 2.05) is 12.1 Å². The van der Waals surface area contributed by atoms with Crippen LogP contribution in [0.15, 0.2) is 24.3 Å². The first-order valence-corrected chi connectivity index (χ1v) is 6.67. The quantitative estimate of drug-likeness (QED) is 0.884. The van der Waals surface area contributed by atoms with Crippen molar-refractivity contribution in [3.63, 3.8) is 0 Å². The minimum atomic E-state index is -0.0861. The minimum absolute atomic E-state index is 0.0861. The van der Waals surface area contributed by atoms with E-state index >= 15 is 0 Å². The van der Waals surface area contributed by atoms with Gasteiger partial charge in [-0.2, -0.15) is 0 Å². The van der Waals surface area contributed by atoms with Gasteiger partial charge in [-0.1, -0.05) is 30.7 Å². The fraction of sp³-hybridized carbons (Fsp3) is 0.533. The summed E-state index contributed by atoms with van der Waals surface area (Å²) in [6.07, 6.45) is 4.01. The molecule has 1 aromatic carbocycles. The van der Waals surface area contributed by atoms with Crippen molar-refractivity contribution in [3.8, 4) is 0 Å². The van der Waals surface area contributed by atoms with Crippen LogP contribution >= 0.6 is 0 Å². The first kappa shape index (κ1) is 11.9. The molecular weight excluding hydrogens is 226 g/mol. The SMILES string of the molecule is NCc1ccc(COC2CC(=O)C23CCC3)cc1. The van der Waals surface area contributed by atoms with E-state index in [2.05, 4.69) is 12.1 Å². The molecule has 3 rings (SSSR count). The lowest BCUT2D eigenvalue weighted by Gasteiger charge is -2.53. The monoisotopic (exact) mass is 245 g/mol. The summed E-state index contributed by atoms with van der Waals surface area (Å²) in [5, 5.41) is 0. The van der Waals surface area contributed by atoms with Gasteiger partial charge in [0.1, 0.15) is 5.78 Å². The molecule has 0 aliphatic heterocycles. The van der Waals surface area contributed by atoms with Gasteiger partial charge in [-0.25, -0.2) is 0 Å². The van der Waals surface area contributed by atoms with Crippen LogP contribution in [0.2, 0.25) is 0 Å². The summed E-state index contributed by atoms with van der Waals surface area (Å²) in [4.78, 5) is 11.6. The molecule has 1 atom stereocenters. The third kappa shape index (κ3) is 1.78. The zero-order chi connectivity index (χ0) is 12.6. The Hall–Kier alpha value is -1.19. The second-order valence-electron chi connectivity index (χ2n) is 5.46. The van der Waals surface area contributed by atoms with Crippen molar-refractivity contribution in [2.75, 3.05) is 0 Å². The summed E-state index contributed by atoms with van der Waals surface area (Å²) in [5.41, 5.74) is 7.76. The van der Waals surface area contributed by atoms with Gasteiger partial charge in [0.15, 0.2) is 0 Å². The van der Waals surface area contributed by atoms with Gasteiger partial charge in [0.2, 0.25) is 0 Å². The van der Waals surface area contributed by atoms with E-state index in [4.69, 9.17) is 10.5 Å². The largest absolute Gasteiger partial charge is 0.372 e. The molecule has 1 aromatic rings. The molecule has 2 aliphatic carbocycles. The van der Waals surface area contributed by atoms with E-state index in [1.54, 1.807) is 0 Å². The van der Waals surface area contributed by atoms with Crippen molar-refractivity contribution in [3.05, 3.63) is 35.4 Å². The van der Waals surface area contributed by atoms with Crippen molar-refractivity contribution < 1.29 is 9.53 Å². The van der Waals surface area contributed by atoms with Crippen LogP contribution in [0.4, 0.5) is 0 Å². The lowest BCUT2D eigenvalue weighted by atomic mass is 9.53. The molecule has 3 nitrogen and oxygen atoms in total. The number of carbonyl (C=O) groups excluding carboxylic acids is 1. The molecule has 0 aromatic heterocycles. The third-order valence-corrected chi connectivity index (χ3v) is 4.50. The molecule has 0 radical (unpaired) electrons. The number of ketones is 1. The van der Waals surface area contributed by atoms with Gasteiger partial charge >= 0.3 is 0 Å². The summed E-state index contributed by atoms with van der Waals surface area (Å²) in [7, 11) is 0. The van der Waals surface area contributed by atoms with Crippen LogP contribution in [-0.4, -0.2) is 11.9 Å². The Balaban J connectivity index is 1.56. The Labute approximate surface area is 107 Å². The molecule has 2 fully saturated rings. The molecule has 2 aliphatic rings. The Kier molecular flexibility index (Phi) is 2.96. The second kappa shape index (κ2) is 4.48. The number of benzene rings is 1. The van der Waals surface area contributed by atoms with E-state index in [9.17, 15) is 4.79 Å². The van der Waals surface area contributed by atoms with Gasteiger partial charge in [-0.15, -0.1) is 0 Å². The van der Waals surface area contributed by atoms with Crippen LogP contribution in [0.1, 0.15) is 36.8 Å². The van der Waals surface area contributed by atoms with E-state index in [1.165, 1.54) is 6.42 Å². The number of ether oxygens (including phenoxy) is 1. The Bertz CT molecular complexity index is 448. The minimum Gasteiger partial charge on any atom is -0.372 e. The van der Waals surface area contributed by atoms with Crippen molar-refractivity contribution in [2.24, 2.45) is 11.1 Å². The number of rotatable bonds is 4. The maximum atomic E-state index is 11.6. The van der Waals surface area contributed by atoms with Gasteiger partial charge in [-0.05, 0) is 24.0 Å². The van der Waals surface area contributed by atoms with Crippen molar-refractivity contribution in [1.82, 2.24) is 0 Å².